The molecular weight excluding hydrogens is 250 g/mol. The molecule has 1 fully saturated rings. The Labute approximate surface area is 118 Å². The van der Waals surface area contributed by atoms with Crippen LogP contribution in [0.15, 0.2) is 18.2 Å². The highest BCUT2D eigenvalue weighted by Crippen LogP contribution is 2.37. The molecule has 0 radical (unpaired) electrons. The lowest BCUT2D eigenvalue weighted by atomic mass is 10.1. The number of benzene rings is 1. The highest BCUT2D eigenvalue weighted by atomic mass is 16.2. The Kier molecular flexibility index (Phi) is 2.98. The highest BCUT2D eigenvalue weighted by molar-refractivity contribution is 6.06. The number of aromatic amines is 1. The number of amides is 1. The van der Waals surface area contributed by atoms with Gasteiger partial charge in [0.25, 0.3) is 0 Å². The van der Waals surface area contributed by atoms with Crippen molar-refractivity contribution in [2.24, 2.45) is 0 Å². The van der Waals surface area contributed by atoms with Crippen LogP contribution in [0.1, 0.15) is 43.9 Å². The van der Waals surface area contributed by atoms with E-state index in [0.29, 0.717) is 17.9 Å². The van der Waals surface area contributed by atoms with Crippen LogP contribution in [-0.2, 0) is 4.79 Å². The van der Waals surface area contributed by atoms with E-state index in [2.05, 4.69) is 24.9 Å². The highest BCUT2D eigenvalue weighted by Gasteiger charge is 2.28. The smallest absolute Gasteiger partial charge is 0.227 e. The van der Waals surface area contributed by atoms with E-state index in [4.69, 9.17) is 5.26 Å². The Hall–Kier alpha value is -2.28. The molecule has 4 nitrogen and oxygen atoms in total. The van der Waals surface area contributed by atoms with Crippen LogP contribution in [0, 0.1) is 11.3 Å². The van der Waals surface area contributed by atoms with Crippen molar-refractivity contribution in [3.8, 4) is 6.07 Å². The predicted octanol–water partition coefficient (Wildman–Crippen LogP) is 3.29. The third-order valence-electron chi connectivity index (χ3n) is 3.85. The van der Waals surface area contributed by atoms with E-state index in [0.717, 1.165) is 35.2 Å². The third-order valence-corrected chi connectivity index (χ3v) is 3.85. The number of hydrogen-bond acceptors (Lipinski definition) is 2. The number of nitrogens with one attached hydrogen (secondary N) is 1. The zero-order valence-corrected chi connectivity index (χ0v) is 11.7. The molecule has 0 saturated carbocycles. The van der Waals surface area contributed by atoms with Crippen LogP contribution in [0.4, 0.5) is 5.69 Å². The summed E-state index contributed by atoms with van der Waals surface area (Å²) in [7, 11) is 0. The zero-order valence-electron chi connectivity index (χ0n) is 11.7. The molecule has 1 aromatic heterocycles. The number of nitriles is 1. The molecule has 3 rings (SSSR count). The average Bonchev–Trinajstić information content (AvgIpc) is 3.00. The molecule has 0 unspecified atom stereocenters. The molecular formula is C16H17N3O. The van der Waals surface area contributed by atoms with E-state index >= 15 is 0 Å². The Morgan fingerprint density at radius 3 is 2.80 bits per heavy atom. The summed E-state index contributed by atoms with van der Waals surface area (Å²) < 4.78 is 0. The Morgan fingerprint density at radius 1 is 1.40 bits per heavy atom. The van der Waals surface area contributed by atoms with Crippen LogP contribution in [0.3, 0.4) is 0 Å². The van der Waals surface area contributed by atoms with Crippen molar-refractivity contribution in [2.45, 2.75) is 32.6 Å². The lowest BCUT2D eigenvalue weighted by Crippen LogP contribution is -2.24. The number of hydrogen-bond donors (Lipinski definition) is 1. The number of anilines is 1. The Morgan fingerprint density at radius 2 is 2.20 bits per heavy atom. The van der Waals surface area contributed by atoms with Crippen molar-refractivity contribution in [1.29, 1.82) is 5.26 Å². The van der Waals surface area contributed by atoms with Crippen LogP contribution < -0.4 is 4.90 Å². The van der Waals surface area contributed by atoms with Gasteiger partial charge in [-0.1, -0.05) is 13.8 Å². The SMILES string of the molecule is CC(C)c1[nH]c2ccc(C#N)cc2c1N1CCCC1=O. The molecule has 1 aromatic carbocycles. The standard InChI is InChI=1S/C16H17N3O/c1-10(2)15-16(19-7-3-4-14(19)20)12-8-11(9-17)5-6-13(12)18-15/h5-6,8,10,18H,3-4,7H2,1-2H3. The van der Waals surface area contributed by atoms with Crippen molar-refractivity contribution in [1.82, 2.24) is 4.98 Å². The van der Waals surface area contributed by atoms with Gasteiger partial charge in [0.05, 0.1) is 17.3 Å². The fraction of sp³-hybridized carbons (Fsp3) is 0.375. The van der Waals surface area contributed by atoms with Gasteiger partial charge in [-0.05, 0) is 30.5 Å². The van der Waals surface area contributed by atoms with E-state index in [1.54, 1.807) is 6.07 Å². The fourth-order valence-electron chi connectivity index (χ4n) is 2.86. The first-order valence-corrected chi connectivity index (χ1v) is 6.98. The number of aromatic nitrogens is 1. The van der Waals surface area contributed by atoms with Gasteiger partial charge in [-0.2, -0.15) is 5.26 Å². The number of fused-ring (bicyclic) bond motifs is 1. The molecule has 0 spiro atoms. The fourth-order valence-corrected chi connectivity index (χ4v) is 2.86. The second-order valence-corrected chi connectivity index (χ2v) is 5.56. The van der Waals surface area contributed by atoms with E-state index in [-0.39, 0.29) is 5.91 Å². The van der Waals surface area contributed by atoms with Gasteiger partial charge in [0, 0.05) is 29.6 Å². The summed E-state index contributed by atoms with van der Waals surface area (Å²) >= 11 is 0. The molecule has 0 bridgehead atoms. The van der Waals surface area contributed by atoms with Gasteiger partial charge in [-0.3, -0.25) is 4.79 Å². The van der Waals surface area contributed by atoms with E-state index in [1.807, 2.05) is 17.0 Å². The molecule has 1 aliphatic heterocycles. The van der Waals surface area contributed by atoms with E-state index in [1.165, 1.54) is 0 Å². The first-order chi connectivity index (χ1) is 9.61. The first-order valence-electron chi connectivity index (χ1n) is 6.98. The lowest BCUT2D eigenvalue weighted by molar-refractivity contribution is -0.117. The molecule has 2 heterocycles. The van der Waals surface area contributed by atoms with Gasteiger partial charge < -0.3 is 9.88 Å². The summed E-state index contributed by atoms with van der Waals surface area (Å²) in [5, 5.41) is 10.1. The molecule has 102 valence electrons. The molecule has 20 heavy (non-hydrogen) atoms. The predicted molar refractivity (Wildman–Crippen MR) is 78.7 cm³/mol. The molecule has 1 N–H and O–H groups in total. The maximum absolute atomic E-state index is 12.1. The summed E-state index contributed by atoms with van der Waals surface area (Å²) in [4.78, 5) is 17.4. The summed E-state index contributed by atoms with van der Waals surface area (Å²) in [5.74, 6) is 0.478. The minimum absolute atomic E-state index is 0.176. The van der Waals surface area contributed by atoms with Crippen LogP contribution in [-0.4, -0.2) is 17.4 Å². The zero-order chi connectivity index (χ0) is 14.3. The largest absolute Gasteiger partial charge is 0.356 e. The number of nitrogens with zero attached hydrogens (tertiary/aromatic N) is 2. The number of carbonyl (C=O) groups excluding carboxylic acids is 1. The monoisotopic (exact) mass is 267 g/mol. The van der Waals surface area contributed by atoms with Crippen LogP contribution in [0.5, 0.6) is 0 Å². The third kappa shape index (κ3) is 1.87. The molecule has 4 heteroatoms. The van der Waals surface area contributed by atoms with Gasteiger partial charge in [0.1, 0.15) is 0 Å². The molecule has 2 aromatic rings. The van der Waals surface area contributed by atoms with Crippen molar-refractivity contribution < 1.29 is 4.79 Å². The van der Waals surface area contributed by atoms with Gasteiger partial charge in [-0.15, -0.1) is 0 Å². The van der Waals surface area contributed by atoms with E-state index in [9.17, 15) is 4.79 Å². The Bertz CT molecular complexity index is 721. The number of rotatable bonds is 2. The summed E-state index contributed by atoms with van der Waals surface area (Å²) in [6.07, 6.45) is 1.52. The summed E-state index contributed by atoms with van der Waals surface area (Å²) in [6, 6.07) is 7.77. The van der Waals surface area contributed by atoms with Crippen molar-refractivity contribution in [3.63, 3.8) is 0 Å². The second kappa shape index (κ2) is 4.68. The minimum Gasteiger partial charge on any atom is -0.356 e. The second-order valence-electron chi connectivity index (χ2n) is 5.56. The van der Waals surface area contributed by atoms with Gasteiger partial charge >= 0.3 is 0 Å². The molecule has 1 saturated heterocycles. The maximum Gasteiger partial charge on any atom is 0.227 e. The average molecular weight is 267 g/mol. The first kappa shape index (κ1) is 12.7. The van der Waals surface area contributed by atoms with Crippen molar-refractivity contribution >= 4 is 22.5 Å². The molecule has 1 amide bonds. The van der Waals surface area contributed by atoms with Gasteiger partial charge in [-0.25, -0.2) is 0 Å². The van der Waals surface area contributed by atoms with Crippen molar-refractivity contribution in [2.75, 3.05) is 11.4 Å². The maximum atomic E-state index is 12.1. The quantitative estimate of drug-likeness (QED) is 0.907. The van der Waals surface area contributed by atoms with E-state index < -0.39 is 0 Å². The number of H-pyrrole nitrogens is 1. The van der Waals surface area contributed by atoms with Gasteiger partial charge in [0.15, 0.2) is 0 Å². The molecule has 0 atom stereocenters. The summed E-state index contributed by atoms with van der Waals surface area (Å²) in [6.45, 7) is 4.99. The van der Waals surface area contributed by atoms with Gasteiger partial charge in [0.2, 0.25) is 5.91 Å². The van der Waals surface area contributed by atoms with Crippen molar-refractivity contribution in [3.05, 3.63) is 29.5 Å². The lowest BCUT2D eigenvalue weighted by Gasteiger charge is -2.18. The number of carbonyl (C=O) groups is 1. The van der Waals surface area contributed by atoms with Crippen LogP contribution >= 0.6 is 0 Å². The molecule has 0 aliphatic carbocycles. The Balaban J connectivity index is 2.27. The minimum atomic E-state index is 0.176. The van der Waals surface area contributed by atoms with Crippen LogP contribution in [0.25, 0.3) is 10.9 Å². The van der Waals surface area contributed by atoms with Crippen LogP contribution in [0.2, 0.25) is 0 Å². The topological polar surface area (TPSA) is 59.9 Å². The normalized spacial score (nSPS) is 15.3. The molecule has 1 aliphatic rings. The summed E-state index contributed by atoms with van der Waals surface area (Å²) in [5.41, 5.74) is 3.65.